The van der Waals surface area contributed by atoms with Gasteiger partial charge in [-0.2, -0.15) is 0 Å². The molecule has 4 rings (SSSR count). The summed E-state index contributed by atoms with van der Waals surface area (Å²) in [5.41, 5.74) is 15.1. The lowest BCUT2D eigenvalue weighted by molar-refractivity contribution is 0.00733. The van der Waals surface area contributed by atoms with Crippen LogP contribution in [0.5, 0.6) is 11.5 Å². The number of halogens is 1. The van der Waals surface area contributed by atoms with Crippen LogP contribution in [0.3, 0.4) is 0 Å². The molecule has 1 aliphatic heterocycles. The Morgan fingerprint density at radius 1 is 0.784 bits per heavy atom. The van der Waals surface area contributed by atoms with Crippen molar-refractivity contribution in [1.82, 2.24) is 5.32 Å². The largest absolute Gasteiger partial charge is 0.494 e. The molecule has 1 saturated heterocycles. The number of ether oxygens (including phenoxy) is 4. The van der Waals surface area contributed by atoms with E-state index in [1.165, 1.54) is 11.1 Å². The van der Waals surface area contributed by atoms with E-state index in [4.69, 9.17) is 30.4 Å². The van der Waals surface area contributed by atoms with Crippen LogP contribution in [0.4, 0.5) is 11.4 Å². The monoisotopic (exact) mass is 527 g/mol. The second-order valence-corrected chi connectivity index (χ2v) is 8.96. The number of benzene rings is 3. The van der Waals surface area contributed by atoms with Crippen molar-refractivity contribution in [3.05, 3.63) is 83.9 Å². The van der Waals surface area contributed by atoms with Gasteiger partial charge in [0.15, 0.2) is 0 Å². The van der Waals surface area contributed by atoms with Crippen molar-refractivity contribution in [3.63, 3.8) is 0 Å². The summed E-state index contributed by atoms with van der Waals surface area (Å²) in [6.45, 7) is 4.70. The Balaban J connectivity index is 0.00000380. The van der Waals surface area contributed by atoms with Crippen molar-refractivity contribution in [2.24, 2.45) is 0 Å². The van der Waals surface area contributed by atoms with Crippen LogP contribution in [0.25, 0.3) is 0 Å². The average molecular weight is 528 g/mol. The Kier molecular flexibility index (Phi) is 11.8. The van der Waals surface area contributed by atoms with E-state index in [1.54, 1.807) is 12.1 Å². The smallest absolute Gasteiger partial charge is 0.121 e. The molecule has 1 aliphatic rings. The van der Waals surface area contributed by atoms with E-state index in [1.807, 2.05) is 36.4 Å². The van der Waals surface area contributed by atoms with Crippen LogP contribution < -0.4 is 26.3 Å². The first-order valence-corrected chi connectivity index (χ1v) is 12.6. The van der Waals surface area contributed by atoms with Crippen molar-refractivity contribution in [3.8, 4) is 11.5 Å². The summed E-state index contributed by atoms with van der Waals surface area (Å²) in [7, 11) is 0. The van der Waals surface area contributed by atoms with Crippen LogP contribution in [0.15, 0.2) is 72.8 Å². The molecule has 0 radical (unpaired) electrons. The third kappa shape index (κ3) is 9.13. The summed E-state index contributed by atoms with van der Waals surface area (Å²) in [4.78, 5) is 0. The van der Waals surface area contributed by atoms with E-state index in [0.29, 0.717) is 56.1 Å². The summed E-state index contributed by atoms with van der Waals surface area (Å²) < 4.78 is 23.6. The fourth-order valence-electron chi connectivity index (χ4n) is 4.31. The highest BCUT2D eigenvalue weighted by Gasteiger charge is 2.27. The molecule has 8 heteroatoms. The molecule has 1 fully saturated rings. The summed E-state index contributed by atoms with van der Waals surface area (Å²) in [5.74, 6) is 1.91. The maximum Gasteiger partial charge on any atom is 0.121 e. The van der Waals surface area contributed by atoms with Crippen molar-refractivity contribution >= 4 is 23.8 Å². The van der Waals surface area contributed by atoms with E-state index in [2.05, 4.69) is 29.6 Å². The first-order chi connectivity index (χ1) is 17.7. The van der Waals surface area contributed by atoms with Gasteiger partial charge in [0.1, 0.15) is 18.1 Å². The van der Waals surface area contributed by atoms with Gasteiger partial charge in [0.25, 0.3) is 0 Å². The highest BCUT2D eigenvalue weighted by Crippen LogP contribution is 2.29. The van der Waals surface area contributed by atoms with Crippen LogP contribution >= 0.6 is 12.4 Å². The SMILES string of the molecule is Cl.Nc1ccc(OCCOC2CNCCC2c2ccc(OCCCOCc3ccccc3)cc2)cc1N. The third-order valence-electron chi connectivity index (χ3n) is 6.29. The average Bonchev–Trinajstić information content (AvgIpc) is 2.92. The Morgan fingerprint density at radius 3 is 2.32 bits per heavy atom. The molecule has 0 aromatic heterocycles. The molecule has 200 valence electrons. The molecule has 3 aromatic rings. The van der Waals surface area contributed by atoms with E-state index in [-0.39, 0.29) is 18.5 Å². The second-order valence-electron chi connectivity index (χ2n) is 8.96. The molecule has 1 heterocycles. The lowest BCUT2D eigenvalue weighted by Gasteiger charge is -2.32. The van der Waals surface area contributed by atoms with Gasteiger partial charge < -0.3 is 35.7 Å². The van der Waals surface area contributed by atoms with Gasteiger partial charge in [0.2, 0.25) is 0 Å². The van der Waals surface area contributed by atoms with E-state index >= 15 is 0 Å². The normalized spacial score (nSPS) is 17.1. The van der Waals surface area contributed by atoms with Gasteiger partial charge in [-0.3, -0.25) is 0 Å². The molecule has 37 heavy (non-hydrogen) atoms. The fraction of sp³-hybridized carbons (Fsp3) is 0.379. The van der Waals surface area contributed by atoms with Crippen molar-refractivity contribution in [2.75, 3.05) is 51.0 Å². The molecule has 3 aromatic carbocycles. The third-order valence-corrected chi connectivity index (χ3v) is 6.29. The summed E-state index contributed by atoms with van der Waals surface area (Å²) in [6.07, 6.45) is 1.97. The van der Waals surface area contributed by atoms with Gasteiger partial charge >= 0.3 is 0 Å². The maximum absolute atomic E-state index is 6.20. The standard InChI is InChI=1S/C29H37N3O4.ClH/c30-27-12-11-25(19-28(27)31)35-17-18-36-29-20-32-14-13-26(29)23-7-9-24(10-8-23)34-16-4-15-33-21-22-5-2-1-3-6-22;/h1-3,5-12,19,26,29,32H,4,13-18,20-21,30-31H2;1H. The molecule has 2 unspecified atom stereocenters. The quantitative estimate of drug-likeness (QED) is 0.217. The van der Waals surface area contributed by atoms with E-state index in [9.17, 15) is 0 Å². The second kappa shape index (κ2) is 15.3. The minimum atomic E-state index is 0. The fourth-order valence-corrected chi connectivity index (χ4v) is 4.31. The van der Waals surface area contributed by atoms with Crippen LogP contribution in [0.2, 0.25) is 0 Å². The summed E-state index contributed by atoms with van der Waals surface area (Å²) in [6, 6.07) is 23.9. The highest BCUT2D eigenvalue weighted by molar-refractivity contribution is 5.85. The van der Waals surface area contributed by atoms with Crippen molar-refractivity contribution < 1.29 is 18.9 Å². The number of hydrogen-bond donors (Lipinski definition) is 3. The Labute approximate surface area is 225 Å². The zero-order valence-electron chi connectivity index (χ0n) is 21.1. The van der Waals surface area contributed by atoms with Crippen LogP contribution in [0, 0.1) is 0 Å². The van der Waals surface area contributed by atoms with Gasteiger partial charge in [0.05, 0.1) is 43.9 Å². The summed E-state index contributed by atoms with van der Waals surface area (Å²) >= 11 is 0. The predicted octanol–water partition coefficient (Wildman–Crippen LogP) is 4.80. The Bertz CT molecular complexity index is 1050. The predicted molar refractivity (Wildman–Crippen MR) is 151 cm³/mol. The van der Waals surface area contributed by atoms with Crippen molar-refractivity contribution in [2.45, 2.75) is 31.5 Å². The zero-order chi connectivity index (χ0) is 25.0. The first-order valence-electron chi connectivity index (χ1n) is 12.6. The number of nitrogens with one attached hydrogen (secondary N) is 1. The molecule has 0 spiro atoms. The van der Waals surface area contributed by atoms with Crippen molar-refractivity contribution in [1.29, 1.82) is 0 Å². The minimum Gasteiger partial charge on any atom is -0.494 e. The number of piperidine rings is 1. The molecule has 0 aliphatic carbocycles. The molecule has 2 atom stereocenters. The van der Waals surface area contributed by atoms with Gasteiger partial charge in [-0.1, -0.05) is 42.5 Å². The van der Waals surface area contributed by atoms with Gasteiger partial charge in [-0.05, 0) is 48.4 Å². The number of rotatable bonds is 13. The minimum absolute atomic E-state index is 0. The molecule has 0 bridgehead atoms. The van der Waals surface area contributed by atoms with Gasteiger partial charge in [-0.25, -0.2) is 0 Å². The lowest BCUT2D eigenvalue weighted by Crippen LogP contribution is -2.41. The van der Waals surface area contributed by atoms with Crippen LogP contribution in [-0.2, 0) is 16.1 Å². The van der Waals surface area contributed by atoms with Crippen LogP contribution in [-0.4, -0.2) is 45.6 Å². The van der Waals surface area contributed by atoms with Crippen LogP contribution in [0.1, 0.15) is 29.9 Å². The lowest BCUT2D eigenvalue weighted by atomic mass is 9.88. The molecule has 5 N–H and O–H groups in total. The molecular weight excluding hydrogens is 490 g/mol. The number of anilines is 2. The number of nitrogen functional groups attached to an aromatic ring is 2. The molecular formula is C29H38ClN3O4. The Morgan fingerprint density at radius 2 is 1.54 bits per heavy atom. The topological polar surface area (TPSA) is 101 Å². The Hall–Kier alpha value is -2.97. The number of hydrogen-bond acceptors (Lipinski definition) is 7. The maximum atomic E-state index is 6.20. The summed E-state index contributed by atoms with van der Waals surface area (Å²) in [5, 5.41) is 3.44. The zero-order valence-corrected chi connectivity index (χ0v) is 22.0. The number of nitrogens with two attached hydrogens (primary N) is 2. The first kappa shape index (κ1) is 28.6. The van der Waals surface area contributed by atoms with E-state index in [0.717, 1.165) is 31.7 Å². The van der Waals surface area contributed by atoms with Gasteiger partial charge in [0, 0.05) is 24.9 Å². The highest BCUT2D eigenvalue weighted by atomic mass is 35.5. The molecule has 0 saturated carbocycles. The van der Waals surface area contributed by atoms with E-state index < -0.39 is 0 Å². The molecule has 0 amide bonds. The molecule has 7 nitrogen and oxygen atoms in total. The van der Waals surface area contributed by atoms with Gasteiger partial charge in [-0.15, -0.1) is 12.4 Å².